The molecule has 0 aromatic heterocycles. The lowest BCUT2D eigenvalue weighted by Crippen LogP contribution is -2.41. The van der Waals surface area contributed by atoms with Crippen LogP contribution >= 0.6 is 0 Å². The zero-order chi connectivity index (χ0) is 16.2. The van der Waals surface area contributed by atoms with Crippen LogP contribution in [0.2, 0.25) is 0 Å². The number of nitrogens with zero attached hydrogens (tertiary/aromatic N) is 1. The second-order valence-corrected chi connectivity index (χ2v) is 5.89. The van der Waals surface area contributed by atoms with Gasteiger partial charge in [-0.3, -0.25) is 0 Å². The van der Waals surface area contributed by atoms with E-state index in [0.717, 1.165) is 43.1 Å². The van der Waals surface area contributed by atoms with Crippen molar-refractivity contribution in [1.29, 1.82) is 0 Å². The van der Waals surface area contributed by atoms with E-state index in [0.29, 0.717) is 0 Å². The van der Waals surface area contributed by atoms with Crippen molar-refractivity contribution in [3.05, 3.63) is 48.0 Å². The van der Waals surface area contributed by atoms with Crippen LogP contribution in [0, 0.1) is 0 Å². The van der Waals surface area contributed by atoms with E-state index >= 15 is 0 Å². The predicted octanol–water partition coefficient (Wildman–Crippen LogP) is 3.62. The van der Waals surface area contributed by atoms with Crippen molar-refractivity contribution in [2.75, 3.05) is 25.1 Å². The second kappa shape index (κ2) is 6.82. The molecule has 1 aliphatic heterocycles. The molecule has 0 bridgehead atoms. The molecule has 0 amide bonds. The van der Waals surface area contributed by atoms with Gasteiger partial charge in [-0.15, -0.1) is 0 Å². The molecule has 4 nitrogen and oxygen atoms in total. The summed E-state index contributed by atoms with van der Waals surface area (Å²) in [5, 5.41) is 9.73. The van der Waals surface area contributed by atoms with Crippen molar-refractivity contribution < 1.29 is 14.6 Å². The van der Waals surface area contributed by atoms with Gasteiger partial charge in [0.15, 0.2) is 0 Å². The molecule has 1 heterocycles. The molecule has 2 aromatic carbocycles. The van der Waals surface area contributed by atoms with Gasteiger partial charge in [0.2, 0.25) is 0 Å². The van der Waals surface area contributed by atoms with Crippen molar-refractivity contribution >= 4 is 5.69 Å². The summed E-state index contributed by atoms with van der Waals surface area (Å²) in [6.45, 7) is 3.95. The molecule has 1 unspecified atom stereocenters. The Kier molecular flexibility index (Phi) is 4.60. The largest absolute Gasteiger partial charge is 0.508 e. The van der Waals surface area contributed by atoms with Crippen LogP contribution in [0.1, 0.15) is 18.9 Å². The molecule has 4 heteroatoms. The van der Waals surface area contributed by atoms with E-state index in [1.54, 1.807) is 19.2 Å². The Morgan fingerprint density at radius 3 is 2.70 bits per heavy atom. The maximum absolute atomic E-state index is 9.73. The number of aromatic hydroxyl groups is 1. The monoisotopic (exact) mass is 313 g/mol. The van der Waals surface area contributed by atoms with Crippen LogP contribution in [0.15, 0.2) is 42.5 Å². The zero-order valence-electron chi connectivity index (χ0n) is 13.7. The van der Waals surface area contributed by atoms with Crippen molar-refractivity contribution in [2.24, 2.45) is 0 Å². The number of hydrogen-bond acceptors (Lipinski definition) is 4. The van der Waals surface area contributed by atoms with E-state index in [4.69, 9.17) is 9.47 Å². The molecule has 0 saturated carbocycles. The van der Waals surface area contributed by atoms with Crippen LogP contribution in [0.5, 0.6) is 17.2 Å². The Balaban J connectivity index is 1.77. The van der Waals surface area contributed by atoms with Gasteiger partial charge in [-0.1, -0.05) is 19.1 Å². The van der Waals surface area contributed by atoms with E-state index in [-0.39, 0.29) is 11.9 Å². The Morgan fingerprint density at radius 2 is 2.00 bits per heavy atom. The molecule has 1 atom stereocenters. The number of phenolic OH excluding ortho intramolecular Hbond substituents is 1. The minimum Gasteiger partial charge on any atom is -0.508 e. The molecule has 2 aromatic rings. The summed E-state index contributed by atoms with van der Waals surface area (Å²) in [6, 6.07) is 13.4. The van der Waals surface area contributed by atoms with Crippen molar-refractivity contribution in [1.82, 2.24) is 0 Å². The van der Waals surface area contributed by atoms with E-state index in [9.17, 15) is 5.11 Å². The normalized spacial score (nSPS) is 16.6. The summed E-state index contributed by atoms with van der Waals surface area (Å²) in [4.78, 5) is 2.30. The van der Waals surface area contributed by atoms with Gasteiger partial charge in [-0.25, -0.2) is 0 Å². The second-order valence-electron chi connectivity index (χ2n) is 5.89. The Bertz CT molecular complexity index is 654. The fourth-order valence-corrected chi connectivity index (χ4v) is 3.03. The molecule has 0 spiro atoms. The minimum atomic E-state index is 0.104. The highest BCUT2D eigenvalue weighted by atomic mass is 16.5. The molecule has 1 N–H and O–H groups in total. The Morgan fingerprint density at radius 1 is 1.22 bits per heavy atom. The topological polar surface area (TPSA) is 41.9 Å². The predicted molar refractivity (Wildman–Crippen MR) is 91.7 cm³/mol. The third-order valence-corrected chi connectivity index (χ3v) is 4.12. The molecular weight excluding hydrogens is 290 g/mol. The van der Waals surface area contributed by atoms with Crippen LogP contribution in [-0.4, -0.2) is 31.4 Å². The van der Waals surface area contributed by atoms with Crippen molar-refractivity contribution in [3.63, 3.8) is 0 Å². The smallest absolute Gasteiger partial charge is 0.143 e. The first-order valence-corrected chi connectivity index (χ1v) is 8.07. The fraction of sp³-hybridized carbons (Fsp3) is 0.368. The first kappa shape index (κ1) is 15.5. The van der Waals surface area contributed by atoms with Crippen LogP contribution < -0.4 is 14.4 Å². The molecule has 3 rings (SSSR count). The zero-order valence-corrected chi connectivity index (χ0v) is 13.7. The fourth-order valence-electron chi connectivity index (χ4n) is 3.03. The average molecular weight is 313 g/mol. The molecule has 0 radical (unpaired) electrons. The number of phenols is 1. The van der Waals surface area contributed by atoms with Gasteiger partial charge in [-0.05, 0) is 36.2 Å². The average Bonchev–Trinajstić information content (AvgIpc) is 2.56. The highest BCUT2D eigenvalue weighted by Gasteiger charge is 2.25. The Hall–Kier alpha value is -2.36. The standard InChI is InChI=1S/C19H23NO3/c1-3-10-20-13-17(11-14-4-7-16(22-2)8-5-14)23-19-9-6-15(21)12-18(19)20/h4-9,12,17,21H,3,10-11,13H2,1-2H3. The summed E-state index contributed by atoms with van der Waals surface area (Å²) in [6.07, 6.45) is 2.02. The lowest BCUT2D eigenvalue weighted by Gasteiger charge is -2.36. The summed E-state index contributed by atoms with van der Waals surface area (Å²) in [5.41, 5.74) is 2.22. The molecule has 0 saturated heterocycles. The third-order valence-electron chi connectivity index (χ3n) is 4.12. The van der Waals surface area contributed by atoms with E-state index < -0.39 is 0 Å². The lowest BCUT2D eigenvalue weighted by atomic mass is 10.0. The van der Waals surface area contributed by atoms with E-state index in [2.05, 4.69) is 24.0 Å². The number of ether oxygens (including phenoxy) is 2. The van der Waals surface area contributed by atoms with Gasteiger partial charge in [0.25, 0.3) is 0 Å². The molecule has 0 aliphatic carbocycles. The van der Waals surface area contributed by atoms with Gasteiger partial charge in [-0.2, -0.15) is 0 Å². The number of benzene rings is 2. The van der Waals surface area contributed by atoms with Crippen molar-refractivity contribution in [2.45, 2.75) is 25.9 Å². The van der Waals surface area contributed by atoms with Crippen LogP contribution in [0.4, 0.5) is 5.69 Å². The quantitative estimate of drug-likeness (QED) is 0.915. The summed E-state index contributed by atoms with van der Waals surface area (Å²) in [5.74, 6) is 2.00. The van der Waals surface area contributed by atoms with Crippen molar-refractivity contribution in [3.8, 4) is 17.2 Å². The number of hydrogen-bond donors (Lipinski definition) is 1. The van der Waals surface area contributed by atoms with Gasteiger partial charge in [0.1, 0.15) is 23.4 Å². The first-order chi connectivity index (χ1) is 11.2. The number of anilines is 1. The Labute approximate surface area is 137 Å². The molecular formula is C19H23NO3. The van der Waals surface area contributed by atoms with Crippen LogP contribution in [0.3, 0.4) is 0 Å². The summed E-state index contributed by atoms with van der Waals surface area (Å²) < 4.78 is 11.3. The minimum absolute atomic E-state index is 0.104. The number of fused-ring (bicyclic) bond motifs is 1. The van der Waals surface area contributed by atoms with Gasteiger partial charge in [0.05, 0.1) is 19.3 Å². The molecule has 23 heavy (non-hydrogen) atoms. The number of methoxy groups -OCH3 is 1. The third kappa shape index (κ3) is 3.52. The highest BCUT2D eigenvalue weighted by Crippen LogP contribution is 2.36. The van der Waals surface area contributed by atoms with E-state index in [1.807, 2.05) is 18.2 Å². The maximum atomic E-state index is 9.73. The molecule has 122 valence electrons. The highest BCUT2D eigenvalue weighted by molar-refractivity contribution is 5.63. The maximum Gasteiger partial charge on any atom is 0.143 e. The molecule has 0 fully saturated rings. The van der Waals surface area contributed by atoms with Gasteiger partial charge < -0.3 is 19.5 Å². The van der Waals surface area contributed by atoms with Crippen LogP contribution in [-0.2, 0) is 6.42 Å². The van der Waals surface area contributed by atoms with Crippen LogP contribution in [0.25, 0.3) is 0 Å². The van der Waals surface area contributed by atoms with E-state index in [1.165, 1.54) is 5.56 Å². The van der Waals surface area contributed by atoms with Gasteiger partial charge >= 0.3 is 0 Å². The SMILES string of the molecule is CCCN1CC(Cc2ccc(OC)cc2)Oc2ccc(O)cc21. The summed E-state index contributed by atoms with van der Waals surface area (Å²) in [7, 11) is 1.67. The number of rotatable bonds is 5. The first-order valence-electron chi connectivity index (χ1n) is 8.07. The molecule has 1 aliphatic rings. The summed E-state index contributed by atoms with van der Waals surface area (Å²) >= 11 is 0. The van der Waals surface area contributed by atoms with Gasteiger partial charge in [0, 0.05) is 19.0 Å². The lowest BCUT2D eigenvalue weighted by molar-refractivity contribution is 0.193.